The highest BCUT2D eigenvalue weighted by Crippen LogP contribution is 2.04. The molecule has 16 heavy (non-hydrogen) atoms. The summed E-state index contributed by atoms with van der Waals surface area (Å²) >= 11 is 0. The molecule has 0 aliphatic heterocycles. The Morgan fingerprint density at radius 2 is 1.94 bits per heavy atom. The van der Waals surface area contributed by atoms with Crippen LogP contribution in [0.2, 0.25) is 0 Å². The fourth-order valence-corrected chi connectivity index (χ4v) is 1.38. The van der Waals surface area contributed by atoms with E-state index in [0.29, 0.717) is 6.61 Å². The van der Waals surface area contributed by atoms with Gasteiger partial charge in [-0.2, -0.15) is 0 Å². The third-order valence-corrected chi connectivity index (χ3v) is 2.29. The molecule has 0 aromatic rings. The summed E-state index contributed by atoms with van der Waals surface area (Å²) in [6.07, 6.45) is 9.60. The third kappa shape index (κ3) is 11.1. The Kier molecular flexibility index (Phi) is 11.3. The summed E-state index contributed by atoms with van der Waals surface area (Å²) < 4.78 is 4.89. The minimum Gasteiger partial charge on any atom is -0.450 e. The Balaban J connectivity index is 3.08. The van der Waals surface area contributed by atoms with Gasteiger partial charge in [0.25, 0.3) is 0 Å². The second kappa shape index (κ2) is 12.1. The predicted molar refractivity (Wildman–Crippen MR) is 67.5 cm³/mol. The van der Waals surface area contributed by atoms with Gasteiger partial charge in [0.2, 0.25) is 0 Å². The van der Waals surface area contributed by atoms with Gasteiger partial charge in [-0.15, -0.1) is 6.58 Å². The summed E-state index contributed by atoms with van der Waals surface area (Å²) in [6, 6.07) is 0. The largest absolute Gasteiger partial charge is 0.450 e. The van der Waals surface area contributed by atoms with Gasteiger partial charge in [-0.25, -0.2) is 4.79 Å². The van der Waals surface area contributed by atoms with Crippen molar-refractivity contribution in [3.05, 3.63) is 12.7 Å². The number of nitrogens with one attached hydrogen (secondary N) is 1. The molecule has 0 saturated carbocycles. The van der Waals surface area contributed by atoms with Gasteiger partial charge in [0.15, 0.2) is 0 Å². The molecular weight excluding hydrogens is 202 g/mol. The quantitative estimate of drug-likeness (QED) is 0.457. The number of ether oxygens (including phenoxy) is 1. The highest BCUT2D eigenvalue weighted by atomic mass is 16.5. The van der Waals surface area contributed by atoms with Crippen LogP contribution < -0.4 is 5.32 Å². The Morgan fingerprint density at radius 1 is 1.25 bits per heavy atom. The fraction of sp³-hybridized carbons (Fsp3) is 0.769. The van der Waals surface area contributed by atoms with Gasteiger partial charge >= 0.3 is 6.09 Å². The maximum absolute atomic E-state index is 11.0. The Labute approximate surface area is 99.3 Å². The normalized spacial score (nSPS) is 9.81. The minimum atomic E-state index is -0.284. The van der Waals surface area contributed by atoms with Gasteiger partial charge in [-0.3, -0.25) is 0 Å². The Morgan fingerprint density at radius 3 is 2.62 bits per heavy atom. The molecule has 0 aromatic carbocycles. The molecule has 94 valence electrons. The molecule has 1 amide bonds. The number of allylic oxidation sites excluding steroid dienone is 1. The molecular formula is C13H25NO2. The van der Waals surface area contributed by atoms with E-state index in [1.54, 1.807) is 0 Å². The van der Waals surface area contributed by atoms with Gasteiger partial charge in [-0.05, 0) is 25.7 Å². The lowest BCUT2D eigenvalue weighted by Gasteiger charge is -2.05. The van der Waals surface area contributed by atoms with Crippen LogP contribution in [-0.2, 0) is 4.74 Å². The van der Waals surface area contributed by atoms with Crippen LogP contribution in [-0.4, -0.2) is 19.2 Å². The second-order valence-electron chi connectivity index (χ2n) is 3.91. The summed E-state index contributed by atoms with van der Waals surface area (Å²) in [7, 11) is 0. The van der Waals surface area contributed by atoms with Gasteiger partial charge in [-0.1, -0.05) is 32.3 Å². The van der Waals surface area contributed by atoms with Gasteiger partial charge < -0.3 is 10.1 Å². The van der Waals surface area contributed by atoms with Crippen LogP contribution in [0.25, 0.3) is 0 Å². The van der Waals surface area contributed by atoms with Gasteiger partial charge in [0.1, 0.15) is 0 Å². The van der Waals surface area contributed by atoms with Crippen molar-refractivity contribution < 1.29 is 9.53 Å². The molecule has 1 N–H and O–H groups in total. The Bertz CT molecular complexity index is 181. The standard InChI is InChI=1S/C13H25NO2/c1-3-5-6-7-8-9-10-11-14-13(15)16-12-4-2/h3H,1,4-12H2,2H3,(H,14,15). The molecule has 0 saturated heterocycles. The molecule has 0 rings (SSSR count). The number of amides is 1. The van der Waals surface area contributed by atoms with E-state index in [0.717, 1.165) is 25.8 Å². The van der Waals surface area contributed by atoms with E-state index in [1.807, 2.05) is 13.0 Å². The molecule has 0 spiro atoms. The number of carbonyl (C=O) groups excluding carboxylic acids is 1. The van der Waals surface area contributed by atoms with Crippen molar-refractivity contribution in [3.8, 4) is 0 Å². The van der Waals surface area contributed by atoms with Crippen LogP contribution in [0.3, 0.4) is 0 Å². The minimum absolute atomic E-state index is 0.284. The van der Waals surface area contributed by atoms with Gasteiger partial charge in [0.05, 0.1) is 6.61 Å². The van der Waals surface area contributed by atoms with Crippen LogP contribution in [0.4, 0.5) is 4.79 Å². The SMILES string of the molecule is C=CCCCCCCCNC(=O)OCCC. The Hall–Kier alpha value is -0.990. The summed E-state index contributed by atoms with van der Waals surface area (Å²) in [5, 5.41) is 2.74. The second-order valence-corrected chi connectivity index (χ2v) is 3.91. The zero-order valence-corrected chi connectivity index (χ0v) is 10.5. The highest BCUT2D eigenvalue weighted by molar-refractivity contribution is 5.66. The van der Waals surface area contributed by atoms with Crippen LogP contribution >= 0.6 is 0 Å². The summed E-state index contributed by atoms with van der Waals surface area (Å²) in [5.41, 5.74) is 0. The molecule has 0 aliphatic carbocycles. The van der Waals surface area contributed by atoms with E-state index >= 15 is 0 Å². The van der Waals surface area contributed by atoms with Crippen molar-refractivity contribution in [2.24, 2.45) is 0 Å². The molecule has 3 heteroatoms. The number of hydrogen-bond donors (Lipinski definition) is 1. The predicted octanol–water partition coefficient (Wildman–Crippen LogP) is 3.65. The summed E-state index contributed by atoms with van der Waals surface area (Å²) in [4.78, 5) is 11.0. The molecule has 0 aromatic heterocycles. The average Bonchev–Trinajstić information content (AvgIpc) is 2.30. The van der Waals surface area contributed by atoms with Crippen molar-refractivity contribution in [2.45, 2.75) is 51.9 Å². The number of carbonyl (C=O) groups is 1. The lowest BCUT2D eigenvalue weighted by atomic mass is 10.1. The first-order valence-electron chi connectivity index (χ1n) is 6.32. The molecule has 0 atom stereocenters. The molecule has 3 nitrogen and oxygen atoms in total. The smallest absolute Gasteiger partial charge is 0.407 e. The van der Waals surface area contributed by atoms with Crippen molar-refractivity contribution in [3.63, 3.8) is 0 Å². The summed E-state index contributed by atoms with van der Waals surface area (Å²) in [5.74, 6) is 0. The lowest BCUT2D eigenvalue weighted by Crippen LogP contribution is -2.25. The van der Waals surface area contributed by atoms with Crippen LogP contribution in [0.15, 0.2) is 12.7 Å². The van der Waals surface area contributed by atoms with E-state index in [-0.39, 0.29) is 6.09 Å². The molecule has 0 radical (unpaired) electrons. The van der Waals surface area contributed by atoms with Crippen LogP contribution in [0.5, 0.6) is 0 Å². The molecule has 0 bridgehead atoms. The van der Waals surface area contributed by atoms with E-state index in [1.165, 1.54) is 25.7 Å². The maximum Gasteiger partial charge on any atom is 0.407 e. The third-order valence-electron chi connectivity index (χ3n) is 2.29. The monoisotopic (exact) mass is 227 g/mol. The van der Waals surface area contributed by atoms with Crippen molar-refractivity contribution >= 4 is 6.09 Å². The highest BCUT2D eigenvalue weighted by Gasteiger charge is 1.98. The van der Waals surface area contributed by atoms with Crippen molar-refractivity contribution in [1.82, 2.24) is 5.32 Å². The van der Waals surface area contributed by atoms with Crippen LogP contribution in [0.1, 0.15) is 51.9 Å². The van der Waals surface area contributed by atoms with Gasteiger partial charge in [0, 0.05) is 6.54 Å². The topological polar surface area (TPSA) is 38.3 Å². The zero-order valence-electron chi connectivity index (χ0n) is 10.5. The number of unbranched alkanes of at least 4 members (excludes halogenated alkanes) is 5. The lowest BCUT2D eigenvalue weighted by molar-refractivity contribution is 0.146. The van der Waals surface area contributed by atoms with E-state index in [4.69, 9.17) is 4.74 Å². The number of hydrogen-bond acceptors (Lipinski definition) is 2. The van der Waals surface area contributed by atoms with E-state index < -0.39 is 0 Å². The van der Waals surface area contributed by atoms with E-state index in [9.17, 15) is 4.79 Å². The number of rotatable bonds is 10. The maximum atomic E-state index is 11.0. The average molecular weight is 227 g/mol. The molecule has 0 unspecified atom stereocenters. The number of alkyl carbamates (subject to hydrolysis) is 1. The molecule has 0 heterocycles. The summed E-state index contributed by atoms with van der Waals surface area (Å²) in [6.45, 7) is 6.91. The fourth-order valence-electron chi connectivity index (χ4n) is 1.38. The first kappa shape index (κ1) is 15.0. The molecule has 0 aliphatic rings. The zero-order chi connectivity index (χ0) is 12.1. The first-order chi connectivity index (χ1) is 7.81. The van der Waals surface area contributed by atoms with Crippen LogP contribution in [0, 0.1) is 0 Å². The first-order valence-corrected chi connectivity index (χ1v) is 6.32. The van der Waals surface area contributed by atoms with Crippen molar-refractivity contribution in [1.29, 1.82) is 0 Å². The van der Waals surface area contributed by atoms with E-state index in [2.05, 4.69) is 11.9 Å². The van der Waals surface area contributed by atoms with Crippen molar-refractivity contribution in [2.75, 3.05) is 13.2 Å². The molecule has 0 fully saturated rings.